The Kier molecular flexibility index (Phi) is 7.23. The molecule has 4 rings (SSSR count). The van der Waals surface area contributed by atoms with Crippen LogP contribution >= 0.6 is 11.3 Å². The summed E-state index contributed by atoms with van der Waals surface area (Å²) in [6.45, 7) is 2.20. The van der Waals surface area contributed by atoms with Gasteiger partial charge < -0.3 is 4.74 Å². The zero-order chi connectivity index (χ0) is 24.1. The number of aryl methyl sites for hydroxylation is 1. The number of nitrogens with zero attached hydrogens (tertiary/aromatic N) is 3. The molecule has 9 heteroatoms. The maximum absolute atomic E-state index is 13.3. The van der Waals surface area contributed by atoms with E-state index in [4.69, 9.17) is 4.74 Å². The van der Waals surface area contributed by atoms with E-state index in [9.17, 15) is 13.2 Å². The zero-order valence-electron chi connectivity index (χ0n) is 19.0. The van der Waals surface area contributed by atoms with E-state index < -0.39 is 9.84 Å². The molecule has 0 aliphatic carbocycles. The minimum Gasteiger partial charge on any atom is -0.494 e. The highest BCUT2D eigenvalue weighted by atomic mass is 32.2. The maximum atomic E-state index is 13.3. The molecule has 34 heavy (non-hydrogen) atoms. The fourth-order valence-corrected chi connectivity index (χ4v) is 5.85. The number of aromatic nitrogens is 2. The van der Waals surface area contributed by atoms with E-state index in [2.05, 4.69) is 9.97 Å². The van der Waals surface area contributed by atoms with E-state index >= 15 is 0 Å². The average Bonchev–Trinajstić information content (AvgIpc) is 3.27. The van der Waals surface area contributed by atoms with Gasteiger partial charge in [-0.2, -0.15) is 0 Å². The van der Waals surface area contributed by atoms with Crippen LogP contribution in [0.2, 0.25) is 0 Å². The van der Waals surface area contributed by atoms with Crippen LogP contribution < -0.4 is 9.64 Å². The van der Waals surface area contributed by atoms with Crippen molar-refractivity contribution in [3.05, 3.63) is 78.1 Å². The van der Waals surface area contributed by atoms with Crippen LogP contribution in [0, 0.1) is 6.92 Å². The molecule has 0 bridgehead atoms. The fourth-order valence-electron chi connectivity index (χ4n) is 3.54. The third-order valence-electron chi connectivity index (χ3n) is 5.37. The molecule has 0 radical (unpaired) electrons. The van der Waals surface area contributed by atoms with Crippen LogP contribution in [0.15, 0.2) is 71.9 Å². The lowest BCUT2D eigenvalue weighted by molar-refractivity contribution is -0.118. The highest BCUT2D eigenvalue weighted by Crippen LogP contribution is 2.35. The number of carbonyl (C=O) groups is 1. The van der Waals surface area contributed by atoms with Crippen LogP contribution in [0.4, 0.5) is 5.13 Å². The third-order valence-corrected chi connectivity index (χ3v) is 8.23. The minimum absolute atomic E-state index is 0.0818. The topological polar surface area (TPSA) is 89.5 Å². The van der Waals surface area contributed by atoms with Crippen molar-refractivity contribution in [1.82, 2.24) is 9.97 Å². The summed E-state index contributed by atoms with van der Waals surface area (Å²) in [5.41, 5.74) is 2.54. The number of fused-ring (bicyclic) bond motifs is 1. The highest BCUT2D eigenvalue weighted by Gasteiger charge is 2.22. The zero-order valence-corrected chi connectivity index (χ0v) is 20.6. The second-order valence-electron chi connectivity index (χ2n) is 7.88. The molecule has 4 aromatic rings. The molecule has 7 nitrogen and oxygen atoms in total. The number of methoxy groups -OCH3 is 1. The Labute approximate surface area is 203 Å². The molecular weight excluding hydrogens is 470 g/mol. The van der Waals surface area contributed by atoms with Crippen LogP contribution in [-0.2, 0) is 21.2 Å². The van der Waals surface area contributed by atoms with E-state index in [1.54, 1.807) is 48.7 Å². The first-order valence-corrected chi connectivity index (χ1v) is 13.3. The van der Waals surface area contributed by atoms with E-state index in [1.807, 2.05) is 37.3 Å². The molecule has 0 aliphatic rings. The molecule has 2 aromatic carbocycles. The van der Waals surface area contributed by atoms with Gasteiger partial charge >= 0.3 is 0 Å². The first kappa shape index (κ1) is 23.8. The van der Waals surface area contributed by atoms with Crippen LogP contribution in [0.5, 0.6) is 5.75 Å². The van der Waals surface area contributed by atoms with Gasteiger partial charge in [0.05, 0.1) is 29.0 Å². The van der Waals surface area contributed by atoms with Crippen molar-refractivity contribution >= 4 is 42.4 Å². The van der Waals surface area contributed by atoms with E-state index in [-0.39, 0.29) is 29.4 Å². The molecule has 0 saturated heterocycles. The number of anilines is 1. The Morgan fingerprint density at radius 2 is 1.88 bits per heavy atom. The van der Waals surface area contributed by atoms with Crippen LogP contribution in [0.25, 0.3) is 10.2 Å². The number of thiazole rings is 1. The third kappa shape index (κ3) is 5.43. The predicted octanol–water partition coefficient (Wildman–Crippen LogP) is 4.80. The average molecular weight is 496 g/mol. The smallest absolute Gasteiger partial charge is 0.229 e. The van der Waals surface area contributed by atoms with Crippen LogP contribution in [0.1, 0.15) is 24.0 Å². The molecule has 2 aromatic heterocycles. The van der Waals surface area contributed by atoms with Gasteiger partial charge in [0.2, 0.25) is 5.91 Å². The lowest BCUT2D eigenvalue weighted by Crippen LogP contribution is -2.30. The largest absolute Gasteiger partial charge is 0.494 e. The maximum Gasteiger partial charge on any atom is 0.229 e. The van der Waals surface area contributed by atoms with Gasteiger partial charge in [-0.25, -0.2) is 13.4 Å². The lowest BCUT2D eigenvalue weighted by atomic mass is 10.2. The number of amides is 1. The summed E-state index contributed by atoms with van der Waals surface area (Å²) in [5, 5.41) is 0.537. The normalized spacial score (nSPS) is 11.5. The number of carbonyl (C=O) groups excluding carboxylic acids is 1. The van der Waals surface area contributed by atoms with Crippen LogP contribution in [0.3, 0.4) is 0 Å². The van der Waals surface area contributed by atoms with Gasteiger partial charge in [-0.1, -0.05) is 41.2 Å². The number of pyridine rings is 1. The standard InChI is InChI=1S/C25H25N3O4S2/c1-18-10-12-20(13-11-18)34(30,31)15-5-9-23(29)28(17-19-6-4-14-26-16-19)25-27-24-21(32-2)7-3-8-22(24)33-25/h3-4,6-8,10-14,16H,5,9,15,17H2,1-2H3. The predicted molar refractivity (Wildman–Crippen MR) is 134 cm³/mol. The fraction of sp³-hybridized carbons (Fsp3) is 0.240. The first-order valence-electron chi connectivity index (χ1n) is 10.8. The summed E-state index contributed by atoms with van der Waals surface area (Å²) in [4.78, 5) is 24.0. The summed E-state index contributed by atoms with van der Waals surface area (Å²) >= 11 is 1.40. The lowest BCUT2D eigenvalue weighted by Gasteiger charge is -2.20. The Bertz CT molecular complexity index is 1380. The Morgan fingerprint density at radius 1 is 1.09 bits per heavy atom. The van der Waals surface area contributed by atoms with Crippen LogP contribution in [-0.4, -0.2) is 37.2 Å². The van der Waals surface area contributed by atoms with E-state index in [0.717, 1.165) is 15.8 Å². The summed E-state index contributed by atoms with van der Waals surface area (Å²) < 4.78 is 31.7. The van der Waals surface area contributed by atoms with Crippen molar-refractivity contribution in [3.8, 4) is 5.75 Å². The number of rotatable bonds is 9. The number of hydrogen-bond acceptors (Lipinski definition) is 7. The SMILES string of the molecule is COc1cccc2sc(N(Cc3cccnc3)C(=O)CCCS(=O)(=O)c3ccc(C)cc3)nc12. The Morgan fingerprint density at radius 3 is 2.59 bits per heavy atom. The van der Waals surface area contributed by atoms with Crippen molar-refractivity contribution in [2.24, 2.45) is 0 Å². The molecule has 0 saturated carbocycles. The number of sulfone groups is 1. The van der Waals surface area contributed by atoms with Gasteiger partial charge in [-0.3, -0.25) is 14.7 Å². The van der Waals surface area contributed by atoms with Gasteiger partial charge in [-0.15, -0.1) is 0 Å². The van der Waals surface area contributed by atoms with Gasteiger partial charge in [-0.05, 0) is 49.2 Å². The second kappa shape index (κ2) is 10.3. The quantitative estimate of drug-likeness (QED) is 0.332. The summed E-state index contributed by atoms with van der Waals surface area (Å²) in [6.07, 6.45) is 3.68. The van der Waals surface area contributed by atoms with Gasteiger partial charge in [0.25, 0.3) is 0 Å². The number of benzene rings is 2. The molecule has 0 aliphatic heterocycles. The van der Waals surface area contributed by atoms with Crippen molar-refractivity contribution < 1.29 is 17.9 Å². The number of ether oxygens (including phenoxy) is 1. The molecule has 0 unspecified atom stereocenters. The first-order chi connectivity index (χ1) is 16.4. The molecular formula is C25H25N3O4S2. The summed E-state index contributed by atoms with van der Waals surface area (Å²) in [6, 6.07) is 16.1. The Hall–Kier alpha value is -3.30. The van der Waals surface area contributed by atoms with Gasteiger partial charge in [0.1, 0.15) is 11.3 Å². The van der Waals surface area contributed by atoms with Gasteiger partial charge in [0, 0.05) is 18.8 Å². The van der Waals surface area contributed by atoms with E-state index in [1.165, 1.54) is 11.3 Å². The van der Waals surface area contributed by atoms with Gasteiger partial charge in [0.15, 0.2) is 15.0 Å². The molecule has 0 fully saturated rings. The molecule has 0 atom stereocenters. The summed E-state index contributed by atoms with van der Waals surface area (Å²) in [5.74, 6) is 0.342. The molecule has 2 heterocycles. The molecule has 176 valence electrons. The molecule has 1 amide bonds. The highest BCUT2D eigenvalue weighted by molar-refractivity contribution is 7.91. The Balaban J connectivity index is 1.54. The summed E-state index contributed by atoms with van der Waals surface area (Å²) in [7, 11) is -1.88. The molecule has 0 spiro atoms. The monoisotopic (exact) mass is 495 g/mol. The van der Waals surface area contributed by atoms with Crippen molar-refractivity contribution in [3.63, 3.8) is 0 Å². The van der Waals surface area contributed by atoms with Crippen molar-refractivity contribution in [2.75, 3.05) is 17.8 Å². The number of hydrogen-bond donors (Lipinski definition) is 0. The van der Waals surface area contributed by atoms with E-state index in [0.29, 0.717) is 22.9 Å². The number of para-hydroxylation sites is 1. The van der Waals surface area contributed by atoms with Crippen molar-refractivity contribution in [2.45, 2.75) is 31.2 Å². The van der Waals surface area contributed by atoms with Crippen molar-refractivity contribution in [1.29, 1.82) is 0 Å². The minimum atomic E-state index is -3.46. The second-order valence-corrected chi connectivity index (χ2v) is 11.0. The molecule has 0 N–H and O–H groups in total.